The van der Waals surface area contributed by atoms with Crippen molar-refractivity contribution in [3.63, 3.8) is 0 Å². The van der Waals surface area contributed by atoms with Gasteiger partial charge in [0.1, 0.15) is 54.9 Å². The van der Waals surface area contributed by atoms with Crippen LogP contribution < -0.4 is 30.7 Å². The molecule has 3 aromatic heterocycles. The number of aliphatic hydroxyl groups excluding tert-OH is 3. The van der Waals surface area contributed by atoms with E-state index >= 15 is 0 Å². The number of aromatic carboxylic acids is 1. The summed E-state index contributed by atoms with van der Waals surface area (Å²) in [5.74, 6) is -4.31. The van der Waals surface area contributed by atoms with Crippen molar-refractivity contribution in [2.24, 2.45) is 22.0 Å². The average molecular weight is 1340 g/mol. The molecule has 30 heteroatoms. The van der Waals surface area contributed by atoms with Gasteiger partial charge in [-0.3, -0.25) is 24.1 Å². The molecule has 6 aliphatic rings. The van der Waals surface area contributed by atoms with Gasteiger partial charge in [0.05, 0.1) is 47.6 Å². The molecule has 0 radical (unpaired) electrons. The first-order chi connectivity index (χ1) is 44.6. The second kappa shape index (κ2) is 27.1. The Morgan fingerprint density at radius 3 is 2.38 bits per heavy atom. The van der Waals surface area contributed by atoms with Gasteiger partial charge in [-0.15, -0.1) is 0 Å². The van der Waals surface area contributed by atoms with Crippen LogP contribution in [0.2, 0.25) is 0 Å². The van der Waals surface area contributed by atoms with Crippen molar-refractivity contribution in [2.45, 2.75) is 128 Å². The molecule has 0 spiro atoms. The van der Waals surface area contributed by atoms with Crippen LogP contribution in [-0.4, -0.2) is 194 Å². The van der Waals surface area contributed by atoms with E-state index in [0.29, 0.717) is 59.3 Å². The van der Waals surface area contributed by atoms with Crippen LogP contribution in [0.15, 0.2) is 79.0 Å². The highest BCUT2D eigenvalue weighted by Gasteiger charge is 2.66. The third kappa shape index (κ3) is 14.9. The van der Waals surface area contributed by atoms with Crippen LogP contribution in [0.5, 0.6) is 11.5 Å². The summed E-state index contributed by atoms with van der Waals surface area (Å²) < 4.78 is 69.4. The molecule has 5 fully saturated rings. The number of ether oxygens (including phenoxy) is 6. The largest absolute Gasteiger partial charge is 0.491 e. The number of nitrogens with two attached hydrogens (primary N) is 1. The number of fused-ring (bicyclic) bond motifs is 2. The van der Waals surface area contributed by atoms with Crippen molar-refractivity contribution in [1.29, 1.82) is 0 Å². The van der Waals surface area contributed by atoms with Crippen LogP contribution in [0, 0.1) is 23.2 Å². The highest BCUT2D eigenvalue weighted by molar-refractivity contribution is 7.85. The van der Waals surface area contributed by atoms with Gasteiger partial charge in [-0.2, -0.15) is 13.5 Å². The number of carboxylic acids is 2. The number of aromatic nitrogens is 4. The molecule has 6 aromatic rings. The van der Waals surface area contributed by atoms with Gasteiger partial charge in [0.25, 0.3) is 16.0 Å². The molecule has 3 aromatic carbocycles. The number of para-hydroxylation sites is 1. The lowest BCUT2D eigenvalue weighted by atomic mass is 9.39. The number of anilines is 2. The molecule has 5 heterocycles. The van der Waals surface area contributed by atoms with Gasteiger partial charge < -0.3 is 74.8 Å². The summed E-state index contributed by atoms with van der Waals surface area (Å²) in [6.45, 7) is 7.89. The molecule has 2 aliphatic heterocycles. The average Bonchev–Trinajstić information content (AvgIpc) is 0.714. The summed E-state index contributed by atoms with van der Waals surface area (Å²) in [6.07, 6.45) is -2.40. The van der Waals surface area contributed by atoms with E-state index in [1.54, 1.807) is 25.4 Å². The number of carboxylic acid groups (broad SMARTS) is 2. The standard InChI is InChI=1S/C64H77N9O19S2/c1-36-42(40-14-15-48(69-49(40)56(79)80)72-18-16-37-8-7-9-41(43(37)26-72)54(77)70-59-68-45-10-5-6-11-47(45)93-59)25-67-73(36)35-63-30-61(2)29-62(3,31-63)33-64(32-61,34-63)90-21-19-71(4)60(83)89-27-38-12-13-39(91-58-52(76)50(74)51(75)53(92-58)57(81)82)24-46(38)88-23-22-87-20-17-66-55(78)44(65)28-94(84,85)86/h5-15,24-25,44,50-53,58,74-76H,16-23,26-35,65H2,1-4H3,(H,66,78)(H,79,80)(H,81,82)(H,68,70,77)(H,84,85,86)/t44?,50-,51-,52+,53-,58+,61?,62?,63?,64?/m0/s1. The van der Waals surface area contributed by atoms with E-state index in [-0.39, 0.29) is 85.5 Å². The van der Waals surface area contributed by atoms with Gasteiger partial charge in [0.2, 0.25) is 12.2 Å². The Morgan fingerprint density at radius 2 is 1.65 bits per heavy atom. The minimum absolute atomic E-state index is 0.0309. The SMILES string of the molecule is Cc1c(-c2ccc(N3CCc4cccc(C(=O)Nc5nc6ccccc6s5)c4C3)nc2C(=O)O)cnn1CC12CC3(C)CC(C)(C1)CC(OCCN(C)C(=O)OCc1ccc(O[C@@H]4O[C@H](C(=O)O)[C@@H](O)[C@H](O)[C@H]4O)cc1OCCOCCNC(=O)C(N)CS(=O)(=O)O)(C3)C2. The van der Waals surface area contributed by atoms with Crippen molar-refractivity contribution >= 4 is 72.5 Å². The number of likely N-dealkylation sites (N-methyl/N-ethyl adjacent to an activating group) is 1. The topological polar surface area (TPSA) is 396 Å². The Morgan fingerprint density at radius 1 is 0.883 bits per heavy atom. The zero-order chi connectivity index (χ0) is 67.1. The molecule has 10 N–H and O–H groups in total. The number of carbonyl (C=O) groups is 5. The number of thiazole rings is 1. The van der Waals surface area contributed by atoms with Crippen molar-refractivity contribution in [3.8, 4) is 22.6 Å². The van der Waals surface area contributed by atoms with Crippen LogP contribution in [-0.2, 0) is 64.8 Å². The quantitative estimate of drug-likeness (QED) is 0.0261. The second-order valence-corrected chi connectivity index (χ2v) is 28.7. The maximum absolute atomic E-state index is 13.8. The highest BCUT2D eigenvalue weighted by Crippen LogP contribution is 2.72. The molecule has 4 aliphatic carbocycles. The monoisotopic (exact) mass is 1340 g/mol. The number of nitrogens with one attached hydrogen (secondary N) is 2. The number of amides is 3. The maximum Gasteiger partial charge on any atom is 0.409 e. The van der Waals surface area contributed by atoms with E-state index in [9.17, 15) is 57.9 Å². The zero-order valence-corrected chi connectivity index (χ0v) is 53.9. The van der Waals surface area contributed by atoms with Crippen molar-refractivity contribution in [2.75, 3.05) is 69.1 Å². The van der Waals surface area contributed by atoms with Crippen LogP contribution in [0.1, 0.15) is 95.6 Å². The Balaban J connectivity index is 0.716. The van der Waals surface area contributed by atoms with Gasteiger partial charge in [-0.1, -0.05) is 49.4 Å². The molecule has 8 atom stereocenters. The van der Waals surface area contributed by atoms with E-state index in [1.165, 1.54) is 34.4 Å². The third-order valence-electron chi connectivity index (χ3n) is 18.3. The molecular weight excluding hydrogens is 1260 g/mol. The van der Waals surface area contributed by atoms with E-state index in [0.717, 1.165) is 65.6 Å². The molecule has 504 valence electrons. The minimum Gasteiger partial charge on any atom is -0.491 e. The molecule has 4 saturated carbocycles. The lowest BCUT2D eigenvalue weighted by Crippen LogP contribution is -2.64. The first-order valence-corrected chi connectivity index (χ1v) is 33.3. The Bertz CT molecular complexity index is 3930. The normalized spacial score (nSPS) is 25.7. The maximum atomic E-state index is 13.8. The number of hydrogen-bond acceptors (Lipinski definition) is 22. The summed E-state index contributed by atoms with van der Waals surface area (Å²) in [6, 6.07) is 19.7. The second-order valence-electron chi connectivity index (χ2n) is 26.1. The van der Waals surface area contributed by atoms with Crippen LogP contribution in [0.4, 0.5) is 15.7 Å². The molecule has 12 rings (SSSR count). The minimum atomic E-state index is -4.49. The molecule has 1 saturated heterocycles. The Kier molecular flexibility index (Phi) is 19.4. The van der Waals surface area contributed by atoms with Gasteiger partial charge in [-0.05, 0) is 122 Å². The number of carbonyl (C=O) groups excluding carboxylic acids is 3. The van der Waals surface area contributed by atoms with Crippen molar-refractivity contribution in [1.82, 2.24) is 30.0 Å². The number of nitrogens with zero attached hydrogens (tertiary/aromatic N) is 6. The number of rotatable bonds is 26. The first-order valence-electron chi connectivity index (χ1n) is 30.8. The van der Waals surface area contributed by atoms with Crippen LogP contribution in [0.3, 0.4) is 0 Å². The molecular formula is C64H77N9O19S2. The predicted molar refractivity (Wildman–Crippen MR) is 339 cm³/mol. The zero-order valence-electron chi connectivity index (χ0n) is 52.3. The van der Waals surface area contributed by atoms with Crippen LogP contribution in [0.25, 0.3) is 21.3 Å². The van der Waals surface area contributed by atoms with Crippen LogP contribution >= 0.6 is 11.3 Å². The fraction of sp³-hybridized carbons (Fsp3) is 0.500. The highest BCUT2D eigenvalue weighted by atomic mass is 32.2. The molecule has 3 amide bonds. The number of benzene rings is 3. The van der Waals surface area contributed by atoms with E-state index in [4.69, 9.17) is 48.8 Å². The van der Waals surface area contributed by atoms with E-state index in [2.05, 4.69) is 29.5 Å². The predicted octanol–water partition coefficient (Wildman–Crippen LogP) is 4.78. The van der Waals surface area contributed by atoms with Crippen molar-refractivity contribution in [3.05, 3.63) is 113 Å². The van der Waals surface area contributed by atoms with Gasteiger partial charge in [-0.25, -0.2) is 24.4 Å². The fourth-order valence-electron chi connectivity index (χ4n) is 15.3. The molecule has 94 heavy (non-hydrogen) atoms. The lowest BCUT2D eigenvalue weighted by Gasteiger charge is -2.69. The molecule has 3 unspecified atom stereocenters. The molecule has 28 nitrogen and oxygen atoms in total. The summed E-state index contributed by atoms with van der Waals surface area (Å²) in [7, 11) is -2.90. The Labute approximate surface area is 545 Å². The smallest absolute Gasteiger partial charge is 0.409 e. The van der Waals surface area contributed by atoms with E-state index < -0.39 is 82.2 Å². The number of hydrogen-bond donors (Lipinski definition) is 9. The number of aliphatic hydroxyl groups is 3. The van der Waals surface area contributed by atoms with E-state index in [1.807, 2.05) is 59.0 Å². The number of pyridine rings is 1. The number of aliphatic carboxylic acids is 1. The summed E-state index contributed by atoms with van der Waals surface area (Å²) >= 11 is 1.40. The van der Waals surface area contributed by atoms with Crippen molar-refractivity contribution < 1.29 is 90.9 Å². The van der Waals surface area contributed by atoms with Gasteiger partial charge in [0.15, 0.2) is 16.9 Å². The fourth-order valence-corrected chi connectivity index (χ4v) is 16.8. The van der Waals surface area contributed by atoms with Gasteiger partial charge in [0, 0.05) is 73.8 Å². The third-order valence-corrected chi connectivity index (χ3v) is 20.1. The summed E-state index contributed by atoms with van der Waals surface area (Å²) in [4.78, 5) is 77.2. The summed E-state index contributed by atoms with van der Waals surface area (Å²) in [5.41, 5.74) is 10.1. The molecule has 4 bridgehead atoms. The lowest BCUT2D eigenvalue weighted by molar-refractivity contribution is -0.271. The Hall–Kier alpha value is -7.91. The summed E-state index contributed by atoms with van der Waals surface area (Å²) in [5, 5.41) is 62.3. The first kappa shape index (κ1) is 67.5. The van der Waals surface area contributed by atoms with Gasteiger partial charge >= 0.3 is 18.0 Å².